The fourth-order valence-electron chi connectivity index (χ4n) is 4.44. The Bertz CT molecular complexity index is 1020. The molecule has 1 fully saturated rings. The van der Waals surface area contributed by atoms with Gasteiger partial charge in [0.1, 0.15) is 0 Å². The number of nitrogens with zero attached hydrogens (tertiary/aromatic N) is 2. The maximum Gasteiger partial charge on any atom is 0.0829 e. The van der Waals surface area contributed by atoms with Crippen LogP contribution >= 0.6 is 11.6 Å². The molecule has 1 unspecified atom stereocenters. The molecular weight excluding hydrogens is 442 g/mol. The maximum absolute atomic E-state index is 7.58. The van der Waals surface area contributed by atoms with Gasteiger partial charge in [0.05, 0.1) is 17.4 Å². The van der Waals surface area contributed by atoms with E-state index in [0.29, 0.717) is 10.7 Å². The zero-order valence-corrected chi connectivity index (χ0v) is 21.5. The topological polar surface area (TPSA) is 63.5 Å². The van der Waals surface area contributed by atoms with E-state index in [4.69, 9.17) is 17.1 Å². The van der Waals surface area contributed by atoms with Crippen LogP contribution in [0, 0.1) is 5.53 Å². The minimum atomic E-state index is 0.0444. The summed E-state index contributed by atoms with van der Waals surface area (Å²) in [6, 6.07) is 7.81. The predicted molar refractivity (Wildman–Crippen MR) is 144 cm³/mol. The molecule has 6 heteroatoms. The third kappa shape index (κ3) is 6.94. The maximum atomic E-state index is 7.58. The normalized spacial score (nSPS) is 22.6. The third-order valence-corrected chi connectivity index (χ3v) is 6.83. The average Bonchev–Trinajstić information content (AvgIpc) is 2.99. The van der Waals surface area contributed by atoms with Gasteiger partial charge >= 0.3 is 0 Å². The Labute approximate surface area is 209 Å². The molecule has 1 saturated heterocycles. The first kappa shape index (κ1) is 26.0. The molecule has 5 nitrogen and oxygen atoms in total. The Morgan fingerprint density at radius 2 is 2.21 bits per heavy atom. The van der Waals surface area contributed by atoms with Gasteiger partial charge in [-0.3, -0.25) is 4.90 Å². The molecule has 0 aliphatic carbocycles. The highest BCUT2D eigenvalue weighted by atomic mass is 35.5. The number of unbranched alkanes of at least 4 members (excludes halogenated alkanes) is 1. The molecule has 1 atom stereocenters. The lowest BCUT2D eigenvalue weighted by Crippen LogP contribution is -2.29. The lowest BCUT2D eigenvalue weighted by Gasteiger charge is -2.26. The molecule has 182 valence electrons. The van der Waals surface area contributed by atoms with Gasteiger partial charge in [0.25, 0.3) is 0 Å². The number of benzene rings is 1. The van der Waals surface area contributed by atoms with Crippen LogP contribution in [-0.2, 0) is 0 Å². The number of rotatable bonds is 8. The summed E-state index contributed by atoms with van der Waals surface area (Å²) in [7, 11) is 0. The molecule has 0 spiro atoms. The molecule has 0 amide bonds. The molecule has 2 heterocycles. The van der Waals surface area contributed by atoms with E-state index >= 15 is 0 Å². The standard InChI is InChI=1S/C28H38ClN5/c1-5-6-16-34-17-13-23(14-18-34)20(2)10-11-26-21(3)27(12-15-31-28(26)22(4)33-30)32-25-9-7-8-24(29)19-25/h7-11,13,19,27,30-32H,3,5-6,12,14-18H2,1-2,4H3/b20-10+,26-11+,28-22-,33-30?. The number of allylic oxidation sites excluding steroid dienone is 5. The van der Waals surface area contributed by atoms with Gasteiger partial charge in [-0.1, -0.05) is 55.8 Å². The molecule has 0 bridgehead atoms. The molecular formula is C28H38ClN5. The van der Waals surface area contributed by atoms with Crippen molar-refractivity contribution in [2.24, 2.45) is 5.11 Å². The van der Waals surface area contributed by atoms with E-state index in [0.717, 1.165) is 55.0 Å². The van der Waals surface area contributed by atoms with Crippen molar-refractivity contribution in [1.82, 2.24) is 10.2 Å². The van der Waals surface area contributed by atoms with Gasteiger partial charge in [0, 0.05) is 35.9 Å². The number of nitrogens with one attached hydrogen (secondary N) is 3. The largest absolute Gasteiger partial charge is 0.383 e. The molecule has 2 aliphatic heterocycles. The second-order valence-corrected chi connectivity index (χ2v) is 9.52. The molecule has 0 saturated carbocycles. The van der Waals surface area contributed by atoms with Crippen LogP contribution < -0.4 is 10.6 Å². The van der Waals surface area contributed by atoms with Crippen molar-refractivity contribution in [3.05, 3.63) is 87.8 Å². The summed E-state index contributed by atoms with van der Waals surface area (Å²) in [5, 5.41) is 11.5. The fourth-order valence-corrected chi connectivity index (χ4v) is 4.63. The summed E-state index contributed by atoms with van der Waals surface area (Å²) >= 11 is 6.19. The number of halogens is 1. The van der Waals surface area contributed by atoms with Gasteiger partial charge in [-0.2, -0.15) is 5.11 Å². The fraction of sp³-hybridized carbons (Fsp3) is 0.429. The molecule has 1 aromatic carbocycles. The van der Waals surface area contributed by atoms with E-state index in [1.54, 1.807) is 0 Å². The molecule has 0 aromatic heterocycles. The second kappa shape index (κ2) is 12.7. The van der Waals surface area contributed by atoms with Crippen molar-refractivity contribution in [3.63, 3.8) is 0 Å². The van der Waals surface area contributed by atoms with Crippen LogP contribution in [0.25, 0.3) is 0 Å². The number of anilines is 1. The van der Waals surface area contributed by atoms with Crippen molar-refractivity contribution in [3.8, 4) is 0 Å². The van der Waals surface area contributed by atoms with Crippen molar-refractivity contribution in [2.45, 2.75) is 52.5 Å². The number of hydrogen-bond acceptors (Lipinski definition) is 5. The quantitative estimate of drug-likeness (QED) is 0.344. The zero-order valence-electron chi connectivity index (χ0n) is 20.8. The van der Waals surface area contributed by atoms with Gasteiger partial charge in [-0.15, -0.1) is 0 Å². The van der Waals surface area contributed by atoms with Crippen LogP contribution in [0.4, 0.5) is 5.69 Å². The van der Waals surface area contributed by atoms with Crippen LogP contribution in [-0.4, -0.2) is 37.1 Å². The molecule has 1 aromatic rings. The molecule has 0 radical (unpaired) electrons. The third-order valence-electron chi connectivity index (χ3n) is 6.59. The minimum absolute atomic E-state index is 0.0444. The van der Waals surface area contributed by atoms with E-state index < -0.39 is 0 Å². The van der Waals surface area contributed by atoms with Crippen molar-refractivity contribution in [1.29, 1.82) is 5.53 Å². The first-order valence-corrected chi connectivity index (χ1v) is 12.6. The zero-order chi connectivity index (χ0) is 24.5. The lowest BCUT2D eigenvalue weighted by molar-refractivity contribution is 0.290. The van der Waals surface area contributed by atoms with Crippen molar-refractivity contribution < 1.29 is 0 Å². The SMILES string of the molecule is C=C1C(=C\C=C(/C)C2=CCN(CCCC)CC2)/C(=C(\C)N=N)NCCC1Nc1cccc(Cl)c1. The van der Waals surface area contributed by atoms with Crippen LogP contribution in [0.3, 0.4) is 0 Å². The first-order chi connectivity index (χ1) is 16.4. The van der Waals surface area contributed by atoms with Gasteiger partial charge in [0.2, 0.25) is 0 Å². The molecule has 3 rings (SSSR count). The highest BCUT2D eigenvalue weighted by molar-refractivity contribution is 6.30. The Kier molecular flexibility index (Phi) is 9.73. The smallest absolute Gasteiger partial charge is 0.0829 e. The van der Waals surface area contributed by atoms with E-state index in [-0.39, 0.29) is 6.04 Å². The van der Waals surface area contributed by atoms with E-state index in [1.807, 2.05) is 31.2 Å². The van der Waals surface area contributed by atoms with Crippen LogP contribution in [0.1, 0.15) is 46.5 Å². The average molecular weight is 480 g/mol. The van der Waals surface area contributed by atoms with Gasteiger partial charge in [0.15, 0.2) is 0 Å². The number of hydrogen-bond donors (Lipinski definition) is 3. The lowest BCUT2D eigenvalue weighted by atomic mass is 9.94. The van der Waals surface area contributed by atoms with Gasteiger partial charge < -0.3 is 10.6 Å². The minimum Gasteiger partial charge on any atom is -0.383 e. The molecule has 2 aliphatic rings. The Balaban J connectivity index is 1.85. The van der Waals surface area contributed by atoms with E-state index in [1.165, 1.54) is 30.5 Å². The highest BCUT2D eigenvalue weighted by Gasteiger charge is 2.24. The summed E-state index contributed by atoms with van der Waals surface area (Å²) < 4.78 is 0. The summed E-state index contributed by atoms with van der Waals surface area (Å²) in [5.74, 6) is 0. The monoisotopic (exact) mass is 479 g/mol. The van der Waals surface area contributed by atoms with Crippen LogP contribution in [0.2, 0.25) is 5.02 Å². The molecule has 3 N–H and O–H groups in total. The van der Waals surface area contributed by atoms with E-state index in [9.17, 15) is 0 Å². The van der Waals surface area contributed by atoms with Crippen molar-refractivity contribution in [2.75, 3.05) is 31.5 Å². The summed E-state index contributed by atoms with van der Waals surface area (Å²) in [6.45, 7) is 14.9. The summed E-state index contributed by atoms with van der Waals surface area (Å²) in [5.41, 5.74) is 14.8. The Morgan fingerprint density at radius 1 is 1.38 bits per heavy atom. The van der Waals surface area contributed by atoms with E-state index in [2.05, 4.69) is 59.3 Å². The first-order valence-electron chi connectivity index (χ1n) is 12.3. The van der Waals surface area contributed by atoms with Crippen molar-refractivity contribution >= 4 is 17.3 Å². The van der Waals surface area contributed by atoms with Crippen LogP contribution in [0.15, 0.2) is 87.9 Å². The summed E-state index contributed by atoms with van der Waals surface area (Å²) in [6.07, 6.45) is 11.1. The molecule has 34 heavy (non-hydrogen) atoms. The van der Waals surface area contributed by atoms with Gasteiger partial charge in [-0.05, 0) is 74.6 Å². The predicted octanol–water partition coefficient (Wildman–Crippen LogP) is 7.24. The Morgan fingerprint density at radius 3 is 2.88 bits per heavy atom. The van der Waals surface area contributed by atoms with Gasteiger partial charge in [-0.25, -0.2) is 5.53 Å². The Hall–Kier alpha value is -2.63. The highest BCUT2D eigenvalue weighted by Crippen LogP contribution is 2.30. The second-order valence-electron chi connectivity index (χ2n) is 9.08. The van der Waals surface area contributed by atoms with Crippen LogP contribution in [0.5, 0.6) is 0 Å². The summed E-state index contributed by atoms with van der Waals surface area (Å²) in [4.78, 5) is 2.53.